The third-order valence-corrected chi connectivity index (χ3v) is 3.87. The van der Waals surface area contributed by atoms with Crippen molar-refractivity contribution in [1.29, 1.82) is 0 Å². The second kappa shape index (κ2) is 9.79. The molecule has 1 N–H and O–H groups in total. The SMILES string of the molecule is CCCOc1ccc(NC(=O)CCN2C(=O)CCC2=O)cc1OCCC. The average Bonchev–Trinajstić information content (AvgIpc) is 2.95. The quantitative estimate of drug-likeness (QED) is 0.647. The number of nitrogens with zero attached hydrogens (tertiary/aromatic N) is 1. The van der Waals surface area contributed by atoms with E-state index in [0.29, 0.717) is 30.4 Å². The van der Waals surface area contributed by atoms with E-state index in [1.807, 2.05) is 13.8 Å². The second-order valence-corrected chi connectivity index (χ2v) is 6.10. The lowest BCUT2D eigenvalue weighted by molar-refractivity contribution is -0.138. The van der Waals surface area contributed by atoms with Gasteiger partial charge < -0.3 is 14.8 Å². The Bertz CT molecular complexity index is 643. The Morgan fingerprint density at radius 1 is 1.04 bits per heavy atom. The summed E-state index contributed by atoms with van der Waals surface area (Å²) in [7, 11) is 0. The molecule has 7 heteroatoms. The molecule has 1 aliphatic rings. The number of carbonyl (C=O) groups is 3. The lowest BCUT2D eigenvalue weighted by Crippen LogP contribution is -2.32. The molecule has 1 heterocycles. The van der Waals surface area contributed by atoms with E-state index in [1.54, 1.807) is 18.2 Å². The first-order valence-corrected chi connectivity index (χ1v) is 9.07. The number of hydrogen-bond acceptors (Lipinski definition) is 5. The van der Waals surface area contributed by atoms with Crippen molar-refractivity contribution in [1.82, 2.24) is 4.90 Å². The van der Waals surface area contributed by atoms with Crippen molar-refractivity contribution >= 4 is 23.4 Å². The van der Waals surface area contributed by atoms with Crippen LogP contribution in [0.2, 0.25) is 0 Å². The van der Waals surface area contributed by atoms with E-state index in [-0.39, 0.29) is 43.5 Å². The van der Waals surface area contributed by atoms with Crippen LogP contribution in [-0.2, 0) is 14.4 Å². The van der Waals surface area contributed by atoms with E-state index in [1.165, 1.54) is 0 Å². The van der Waals surface area contributed by atoms with E-state index >= 15 is 0 Å². The Balaban J connectivity index is 1.95. The number of likely N-dealkylation sites (tertiary alicyclic amines) is 1. The smallest absolute Gasteiger partial charge is 0.229 e. The van der Waals surface area contributed by atoms with Crippen molar-refractivity contribution in [3.63, 3.8) is 0 Å². The molecule has 0 spiro atoms. The fourth-order valence-electron chi connectivity index (χ4n) is 2.55. The molecule has 3 amide bonds. The molecule has 0 saturated carbocycles. The first-order valence-electron chi connectivity index (χ1n) is 9.07. The van der Waals surface area contributed by atoms with Crippen LogP contribution in [0, 0.1) is 0 Å². The lowest BCUT2D eigenvalue weighted by atomic mass is 10.2. The first-order chi connectivity index (χ1) is 12.5. The molecule has 1 aromatic rings. The van der Waals surface area contributed by atoms with Crippen molar-refractivity contribution in [3.8, 4) is 11.5 Å². The third kappa shape index (κ3) is 5.47. The van der Waals surface area contributed by atoms with Gasteiger partial charge in [-0.3, -0.25) is 19.3 Å². The molecule has 1 fully saturated rings. The molecular formula is C19H26N2O5. The maximum atomic E-state index is 12.1. The van der Waals surface area contributed by atoms with Crippen LogP contribution in [0.25, 0.3) is 0 Å². The number of rotatable bonds is 10. The highest BCUT2D eigenvalue weighted by Crippen LogP contribution is 2.31. The maximum absolute atomic E-state index is 12.1. The largest absolute Gasteiger partial charge is 0.490 e. The van der Waals surface area contributed by atoms with Crippen LogP contribution >= 0.6 is 0 Å². The van der Waals surface area contributed by atoms with Gasteiger partial charge >= 0.3 is 0 Å². The van der Waals surface area contributed by atoms with Gasteiger partial charge in [0.1, 0.15) is 0 Å². The molecular weight excluding hydrogens is 336 g/mol. The molecule has 0 atom stereocenters. The second-order valence-electron chi connectivity index (χ2n) is 6.10. The molecule has 0 bridgehead atoms. The zero-order valence-electron chi connectivity index (χ0n) is 15.4. The molecule has 1 aromatic carbocycles. The highest BCUT2D eigenvalue weighted by atomic mass is 16.5. The molecule has 1 saturated heterocycles. The summed E-state index contributed by atoms with van der Waals surface area (Å²) >= 11 is 0. The fraction of sp³-hybridized carbons (Fsp3) is 0.526. The number of nitrogens with one attached hydrogen (secondary N) is 1. The summed E-state index contributed by atoms with van der Waals surface area (Å²) < 4.78 is 11.4. The maximum Gasteiger partial charge on any atom is 0.229 e. The zero-order valence-corrected chi connectivity index (χ0v) is 15.4. The molecule has 142 valence electrons. The van der Waals surface area contributed by atoms with Crippen molar-refractivity contribution in [3.05, 3.63) is 18.2 Å². The molecule has 7 nitrogen and oxygen atoms in total. The Kier molecular flexibility index (Phi) is 7.44. The molecule has 0 aromatic heterocycles. The van der Waals surface area contributed by atoms with Gasteiger partial charge in [0.2, 0.25) is 17.7 Å². The number of imide groups is 1. The van der Waals surface area contributed by atoms with Gasteiger partial charge in [-0.25, -0.2) is 0 Å². The summed E-state index contributed by atoms with van der Waals surface area (Å²) in [6.45, 7) is 5.29. The minimum absolute atomic E-state index is 0.0662. The first kappa shape index (κ1) is 19.8. The van der Waals surface area contributed by atoms with Crippen LogP contribution < -0.4 is 14.8 Å². The Labute approximate surface area is 153 Å². The number of anilines is 1. The number of ether oxygens (including phenoxy) is 2. The van der Waals surface area contributed by atoms with Crippen molar-refractivity contribution in [2.75, 3.05) is 25.1 Å². The number of amides is 3. The number of benzene rings is 1. The van der Waals surface area contributed by atoms with Crippen molar-refractivity contribution in [2.45, 2.75) is 46.0 Å². The summed E-state index contributed by atoms with van der Waals surface area (Å²) in [5.74, 6) is 0.543. The minimum atomic E-state index is -0.263. The zero-order chi connectivity index (χ0) is 18.9. The predicted octanol–water partition coefficient (Wildman–Crippen LogP) is 2.74. The minimum Gasteiger partial charge on any atom is -0.490 e. The van der Waals surface area contributed by atoms with Crippen LogP contribution in [0.15, 0.2) is 18.2 Å². The van der Waals surface area contributed by atoms with E-state index < -0.39 is 0 Å². The van der Waals surface area contributed by atoms with Crippen LogP contribution in [-0.4, -0.2) is 42.4 Å². The van der Waals surface area contributed by atoms with Crippen molar-refractivity contribution < 1.29 is 23.9 Å². The molecule has 2 rings (SSSR count). The summed E-state index contributed by atoms with van der Waals surface area (Å²) in [5, 5.41) is 2.77. The van der Waals surface area contributed by atoms with E-state index in [9.17, 15) is 14.4 Å². The molecule has 1 aliphatic heterocycles. The van der Waals surface area contributed by atoms with Gasteiger partial charge in [-0.1, -0.05) is 13.8 Å². The average molecular weight is 362 g/mol. The molecule has 0 radical (unpaired) electrons. The van der Waals surface area contributed by atoms with Gasteiger partial charge in [0.15, 0.2) is 11.5 Å². The standard InChI is InChI=1S/C19H26N2O5/c1-3-11-25-15-6-5-14(13-16(15)26-12-4-2)20-17(22)9-10-21-18(23)7-8-19(21)24/h5-6,13H,3-4,7-12H2,1-2H3,(H,20,22). The molecule has 0 aliphatic carbocycles. The number of hydrogen-bond donors (Lipinski definition) is 1. The summed E-state index contributed by atoms with van der Waals surface area (Å²) in [5.41, 5.74) is 0.587. The van der Waals surface area contributed by atoms with E-state index in [0.717, 1.165) is 17.7 Å². The van der Waals surface area contributed by atoms with Crippen molar-refractivity contribution in [2.24, 2.45) is 0 Å². The summed E-state index contributed by atoms with van der Waals surface area (Å²) in [6, 6.07) is 5.24. The van der Waals surface area contributed by atoms with Crippen LogP contribution in [0.1, 0.15) is 46.0 Å². The summed E-state index contributed by atoms with van der Waals surface area (Å²) in [4.78, 5) is 36.4. The Morgan fingerprint density at radius 3 is 2.27 bits per heavy atom. The monoisotopic (exact) mass is 362 g/mol. The third-order valence-electron chi connectivity index (χ3n) is 3.87. The van der Waals surface area contributed by atoms with Gasteiger partial charge in [0, 0.05) is 37.6 Å². The molecule has 26 heavy (non-hydrogen) atoms. The summed E-state index contributed by atoms with van der Waals surface area (Å²) in [6.07, 6.45) is 2.29. The predicted molar refractivity (Wildman–Crippen MR) is 97.2 cm³/mol. The number of carbonyl (C=O) groups excluding carboxylic acids is 3. The Hall–Kier alpha value is -2.57. The fourth-order valence-corrected chi connectivity index (χ4v) is 2.55. The van der Waals surface area contributed by atoms with Gasteiger partial charge in [0.25, 0.3) is 0 Å². The normalized spacial score (nSPS) is 13.8. The lowest BCUT2D eigenvalue weighted by Gasteiger charge is -2.15. The molecule has 0 unspecified atom stereocenters. The van der Waals surface area contributed by atoms with Crippen LogP contribution in [0.3, 0.4) is 0 Å². The highest BCUT2D eigenvalue weighted by Gasteiger charge is 2.28. The van der Waals surface area contributed by atoms with Gasteiger partial charge in [-0.05, 0) is 25.0 Å². The topological polar surface area (TPSA) is 84.9 Å². The van der Waals surface area contributed by atoms with Gasteiger partial charge in [0.05, 0.1) is 13.2 Å². The van der Waals surface area contributed by atoms with Gasteiger partial charge in [-0.15, -0.1) is 0 Å². The highest BCUT2D eigenvalue weighted by molar-refractivity contribution is 6.02. The van der Waals surface area contributed by atoms with Crippen LogP contribution in [0.5, 0.6) is 11.5 Å². The van der Waals surface area contributed by atoms with Crippen LogP contribution in [0.4, 0.5) is 5.69 Å². The Morgan fingerprint density at radius 2 is 1.65 bits per heavy atom. The van der Waals surface area contributed by atoms with E-state index in [2.05, 4.69) is 5.32 Å². The van der Waals surface area contributed by atoms with E-state index in [4.69, 9.17) is 9.47 Å². The van der Waals surface area contributed by atoms with Gasteiger partial charge in [-0.2, -0.15) is 0 Å².